The van der Waals surface area contributed by atoms with E-state index in [4.69, 9.17) is 10.2 Å². The number of hydrogen-bond donors (Lipinski definition) is 3. The molecule has 7 heteroatoms. The first-order valence-corrected chi connectivity index (χ1v) is 6.66. The molecule has 1 aromatic heterocycles. The number of oxazole rings is 1. The minimum atomic E-state index is -0.376. The average molecular weight is 290 g/mol. The summed E-state index contributed by atoms with van der Waals surface area (Å²) in [5, 5.41) is 5.07. The molecular formula is C14H18N4O3. The van der Waals surface area contributed by atoms with Gasteiger partial charge in [0.2, 0.25) is 11.8 Å². The highest BCUT2D eigenvalue weighted by Gasteiger charge is 2.10. The summed E-state index contributed by atoms with van der Waals surface area (Å²) in [6, 6.07) is 5.20. The van der Waals surface area contributed by atoms with Crippen LogP contribution < -0.4 is 16.4 Å². The lowest BCUT2D eigenvalue weighted by atomic mass is 10.2. The van der Waals surface area contributed by atoms with Crippen molar-refractivity contribution in [3.63, 3.8) is 0 Å². The molecule has 0 aliphatic rings. The second-order valence-corrected chi connectivity index (χ2v) is 4.92. The van der Waals surface area contributed by atoms with Crippen LogP contribution in [0, 0.1) is 0 Å². The maximum atomic E-state index is 11.7. The highest BCUT2D eigenvalue weighted by atomic mass is 16.3. The van der Waals surface area contributed by atoms with Crippen LogP contribution in [0.15, 0.2) is 22.6 Å². The molecule has 0 fully saturated rings. The summed E-state index contributed by atoms with van der Waals surface area (Å²) >= 11 is 0. The molecule has 0 spiro atoms. The van der Waals surface area contributed by atoms with Crippen molar-refractivity contribution in [3.8, 4) is 0 Å². The Morgan fingerprint density at radius 2 is 2.10 bits per heavy atom. The van der Waals surface area contributed by atoms with Crippen LogP contribution in [-0.4, -0.2) is 29.9 Å². The van der Waals surface area contributed by atoms with Crippen molar-refractivity contribution in [2.75, 3.05) is 18.4 Å². The van der Waals surface area contributed by atoms with Crippen molar-refractivity contribution in [3.05, 3.63) is 24.1 Å². The fourth-order valence-electron chi connectivity index (χ4n) is 1.73. The number of aromatic nitrogens is 1. The summed E-state index contributed by atoms with van der Waals surface area (Å²) in [7, 11) is 0. The molecule has 2 amide bonds. The van der Waals surface area contributed by atoms with Crippen molar-refractivity contribution in [2.45, 2.75) is 19.8 Å². The van der Waals surface area contributed by atoms with Crippen molar-refractivity contribution in [2.24, 2.45) is 5.73 Å². The van der Waals surface area contributed by atoms with Gasteiger partial charge in [-0.05, 0) is 18.2 Å². The Labute approximate surface area is 121 Å². The monoisotopic (exact) mass is 290 g/mol. The van der Waals surface area contributed by atoms with E-state index in [0.29, 0.717) is 22.7 Å². The molecule has 0 aliphatic carbocycles. The summed E-state index contributed by atoms with van der Waals surface area (Å²) in [6.45, 7) is 3.72. The first kappa shape index (κ1) is 15.0. The van der Waals surface area contributed by atoms with Gasteiger partial charge < -0.3 is 20.8 Å². The van der Waals surface area contributed by atoms with Crippen LogP contribution in [-0.2, 0) is 9.59 Å². The zero-order valence-corrected chi connectivity index (χ0v) is 12.0. The lowest BCUT2D eigenvalue weighted by Gasteiger charge is -2.05. The number of nitrogens with two attached hydrogens (primary N) is 1. The first-order chi connectivity index (χ1) is 9.99. The zero-order chi connectivity index (χ0) is 15.4. The Balaban J connectivity index is 2.05. The number of anilines is 1. The predicted molar refractivity (Wildman–Crippen MR) is 78.8 cm³/mol. The van der Waals surface area contributed by atoms with Crippen LogP contribution in [0.3, 0.4) is 0 Å². The topological polar surface area (TPSA) is 110 Å². The molecule has 0 radical (unpaired) electrons. The predicted octanol–water partition coefficient (Wildman–Crippen LogP) is 0.965. The third-order valence-electron chi connectivity index (χ3n) is 2.81. The quantitative estimate of drug-likeness (QED) is 0.759. The largest absolute Gasteiger partial charge is 0.440 e. The fourth-order valence-corrected chi connectivity index (χ4v) is 1.73. The lowest BCUT2D eigenvalue weighted by molar-refractivity contribution is -0.123. The number of carbonyl (C=O) groups is 2. The number of rotatable bonds is 5. The molecule has 21 heavy (non-hydrogen) atoms. The number of nitrogens with one attached hydrogen (secondary N) is 2. The third-order valence-corrected chi connectivity index (χ3v) is 2.81. The highest BCUT2D eigenvalue weighted by Crippen LogP contribution is 2.23. The van der Waals surface area contributed by atoms with Crippen LogP contribution in [0.5, 0.6) is 0 Å². The van der Waals surface area contributed by atoms with Crippen molar-refractivity contribution >= 4 is 28.6 Å². The van der Waals surface area contributed by atoms with Gasteiger partial charge >= 0.3 is 0 Å². The van der Waals surface area contributed by atoms with Crippen LogP contribution in [0.2, 0.25) is 0 Å². The van der Waals surface area contributed by atoms with Crippen LogP contribution in [0.25, 0.3) is 11.1 Å². The van der Waals surface area contributed by atoms with Gasteiger partial charge in [0.1, 0.15) is 5.52 Å². The van der Waals surface area contributed by atoms with Crippen molar-refractivity contribution in [1.29, 1.82) is 0 Å². The molecule has 0 bridgehead atoms. The second-order valence-electron chi connectivity index (χ2n) is 4.92. The number of hydrogen-bond acceptors (Lipinski definition) is 5. The molecular weight excluding hydrogens is 272 g/mol. The first-order valence-electron chi connectivity index (χ1n) is 6.66. The number of carbonyl (C=O) groups excluding carboxylic acids is 2. The Morgan fingerprint density at radius 3 is 2.76 bits per heavy atom. The van der Waals surface area contributed by atoms with Crippen LogP contribution in [0.4, 0.5) is 5.69 Å². The van der Waals surface area contributed by atoms with Crippen LogP contribution >= 0.6 is 0 Å². The SMILES string of the molecule is CC(C)c1nc2cc(NC(=O)CNC(=O)CN)ccc2o1. The molecule has 0 unspecified atom stereocenters. The summed E-state index contributed by atoms with van der Waals surface area (Å²) in [6.07, 6.45) is 0. The van der Waals surface area contributed by atoms with Gasteiger partial charge in [0.25, 0.3) is 0 Å². The molecule has 4 N–H and O–H groups in total. The number of fused-ring (bicyclic) bond motifs is 1. The van der Waals surface area contributed by atoms with E-state index in [2.05, 4.69) is 15.6 Å². The van der Waals surface area contributed by atoms with E-state index in [1.807, 2.05) is 13.8 Å². The van der Waals surface area contributed by atoms with Gasteiger partial charge in [0.05, 0.1) is 13.1 Å². The minimum absolute atomic E-state index is 0.121. The molecule has 1 aromatic carbocycles. The third kappa shape index (κ3) is 3.79. The summed E-state index contributed by atoms with van der Waals surface area (Å²) in [5.41, 5.74) is 7.09. The number of benzene rings is 1. The summed E-state index contributed by atoms with van der Waals surface area (Å²) in [5.74, 6) is 0.146. The molecule has 2 rings (SSSR count). The molecule has 7 nitrogen and oxygen atoms in total. The van der Waals surface area contributed by atoms with E-state index in [-0.39, 0.29) is 30.8 Å². The molecule has 1 heterocycles. The van der Waals surface area contributed by atoms with Gasteiger partial charge in [-0.1, -0.05) is 13.8 Å². The van der Waals surface area contributed by atoms with Gasteiger partial charge in [0, 0.05) is 11.6 Å². The number of nitrogens with zero attached hydrogens (tertiary/aromatic N) is 1. The van der Waals surface area contributed by atoms with E-state index in [0.717, 1.165) is 0 Å². The van der Waals surface area contributed by atoms with Crippen molar-refractivity contribution in [1.82, 2.24) is 10.3 Å². The maximum absolute atomic E-state index is 11.7. The van der Waals surface area contributed by atoms with Crippen molar-refractivity contribution < 1.29 is 14.0 Å². The molecule has 0 saturated heterocycles. The Bertz CT molecular complexity index is 663. The Hall–Kier alpha value is -2.41. The van der Waals surface area contributed by atoms with E-state index < -0.39 is 0 Å². The standard InChI is InChI=1S/C14H18N4O3/c1-8(2)14-18-10-5-9(3-4-11(10)21-14)17-13(20)7-16-12(19)6-15/h3-5,8H,6-7,15H2,1-2H3,(H,16,19)(H,17,20). The molecule has 112 valence electrons. The van der Waals surface area contributed by atoms with Gasteiger partial charge in [-0.3, -0.25) is 9.59 Å². The molecule has 2 aromatic rings. The normalized spacial score (nSPS) is 10.9. The Kier molecular flexibility index (Phi) is 4.54. The van der Waals surface area contributed by atoms with E-state index in [9.17, 15) is 9.59 Å². The van der Waals surface area contributed by atoms with E-state index in [1.54, 1.807) is 18.2 Å². The van der Waals surface area contributed by atoms with Gasteiger partial charge in [-0.2, -0.15) is 0 Å². The number of amides is 2. The van der Waals surface area contributed by atoms with Gasteiger partial charge in [0.15, 0.2) is 11.5 Å². The van der Waals surface area contributed by atoms with Crippen LogP contribution in [0.1, 0.15) is 25.7 Å². The fraction of sp³-hybridized carbons (Fsp3) is 0.357. The lowest BCUT2D eigenvalue weighted by Crippen LogP contribution is -2.36. The zero-order valence-electron chi connectivity index (χ0n) is 12.0. The Morgan fingerprint density at radius 1 is 1.33 bits per heavy atom. The minimum Gasteiger partial charge on any atom is -0.440 e. The molecule has 0 atom stereocenters. The summed E-state index contributed by atoms with van der Waals surface area (Å²) < 4.78 is 5.59. The van der Waals surface area contributed by atoms with E-state index >= 15 is 0 Å². The summed E-state index contributed by atoms with van der Waals surface area (Å²) in [4.78, 5) is 27.0. The average Bonchev–Trinajstić information content (AvgIpc) is 2.88. The second kappa shape index (κ2) is 6.36. The highest BCUT2D eigenvalue weighted by molar-refractivity contribution is 5.96. The molecule has 0 aliphatic heterocycles. The molecule has 0 saturated carbocycles. The smallest absolute Gasteiger partial charge is 0.243 e. The van der Waals surface area contributed by atoms with Gasteiger partial charge in [-0.15, -0.1) is 0 Å². The van der Waals surface area contributed by atoms with E-state index in [1.165, 1.54) is 0 Å². The van der Waals surface area contributed by atoms with Gasteiger partial charge in [-0.25, -0.2) is 4.98 Å². The maximum Gasteiger partial charge on any atom is 0.243 e.